The monoisotopic (exact) mass is 324 g/mol. The molecule has 0 aromatic heterocycles. The topological polar surface area (TPSA) is 117 Å². The van der Waals surface area contributed by atoms with Crippen molar-refractivity contribution in [2.24, 2.45) is 5.73 Å². The molecule has 0 saturated carbocycles. The zero-order chi connectivity index (χ0) is 17.2. The number of imide groups is 1. The van der Waals surface area contributed by atoms with Crippen LogP contribution in [-0.4, -0.2) is 37.7 Å². The molecule has 23 heavy (non-hydrogen) atoms. The van der Waals surface area contributed by atoms with Crippen LogP contribution in [0.2, 0.25) is 0 Å². The molecule has 8 nitrogen and oxygen atoms in total. The fourth-order valence-corrected chi connectivity index (χ4v) is 1.62. The SMILES string of the molecule is CCCOc1ccc(C(=O)OCC(=O)NC(N)=O)cc1OCC. The van der Waals surface area contributed by atoms with Gasteiger partial charge in [0, 0.05) is 0 Å². The van der Waals surface area contributed by atoms with Crippen molar-refractivity contribution in [3.05, 3.63) is 23.8 Å². The van der Waals surface area contributed by atoms with Crippen molar-refractivity contribution in [3.8, 4) is 11.5 Å². The van der Waals surface area contributed by atoms with Crippen molar-refractivity contribution >= 4 is 17.9 Å². The van der Waals surface area contributed by atoms with Gasteiger partial charge in [0.2, 0.25) is 0 Å². The van der Waals surface area contributed by atoms with Gasteiger partial charge >= 0.3 is 12.0 Å². The smallest absolute Gasteiger partial charge is 0.338 e. The van der Waals surface area contributed by atoms with Gasteiger partial charge in [0.25, 0.3) is 5.91 Å². The Bertz CT molecular complexity index is 573. The quantitative estimate of drug-likeness (QED) is 0.694. The Hall–Kier alpha value is -2.77. The molecular formula is C15H20N2O6. The van der Waals surface area contributed by atoms with Crippen molar-refractivity contribution in [3.63, 3.8) is 0 Å². The van der Waals surface area contributed by atoms with Gasteiger partial charge < -0.3 is 19.9 Å². The minimum Gasteiger partial charge on any atom is -0.490 e. The lowest BCUT2D eigenvalue weighted by molar-refractivity contribution is -0.123. The zero-order valence-corrected chi connectivity index (χ0v) is 13.1. The van der Waals surface area contributed by atoms with E-state index in [4.69, 9.17) is 19.9 Å². The number of amides is 3. The maximum atomic E-state index is 11.9. The number of nitrogens with one attached hydrogen (secondary N) is 1. The number of primary amides is 1. The first-order valence-electron chi connectivity index (χ1n) is 7.14. The van der Waals surface area contributed by atoms with Gasteiger partial charge in [-0.2, -0.15) is 0 Å². The van der Waals surface area contributed by atoms with Crippen molar-refractivity contribution in [2.45, 2.75) is 20.3 Å². The van der Waals surface area contributed by atoms with Crippen LogP contribution in [0.25, 0.3) is 0 Å². The number of hydrogen-bond acceptors (Lipinski definition) is 6. The molecule has 0 atom stereocenters. The number of rotatable bonds is 8. The van der Waals surface area contributed by atoms with Gasteiger partial charge in [-0.1, -0.05) is 6.92 Å². The summed E-state index contributed by atoms with van der Waals surface area (Å²) < 4.78 is 15.7. The van der Waals surface area contributed by atoms with Crippen LogP contribution in [0, 0.1) is 0 Å². The molecule has 0 aliphatic carbocycles. The molecule has 0 fully saturated rings. The highest BCUT2D eigenvalue weighted by molar-refractivity contribution is 5.96. The molecule has 0 heterocycles. The van der Waals surface area contributed by atoms with Gasteiger partial charge in [-0.05, 0) is 31.5 Å². The third-order valence-corrected chi connectivity index (χ3v) is 2.54. The fraction of sp³-hybridized carbons (Fsp3) is 0.400. The van der Waals surface area contributed by atoms with Crippen molar-refractivity contribution in [1.82, 2.24) is 5.32 Å². The maximum absolute atomic E-state index is 11.9. The highest BCUT2D eigenvalue weighted by Gasteiger charge is 2.14. The molecule has 1 aromatic carbocycles. The summed E-state index contributed by atoms with van der Waals surface area (Å²) in [5, 5.41) is 1.79. The van der Waals surface area contributed by atoms with Crippen LogP contribution in [0.5, 0.6) is 11.5 Å². The molecule has 0 aliphatic rings. The van der Waals surface area contributed by atoms with Crippen LogP contribution in [-0.2, 0) is 9.53 Å². The van der Waals surface area contributed by atoms with Gasteiger partial charge in [-0.25, -0.2) is 9.59 Å². The average molecular weight is 324 g/mol. The summed E-state index contributed by atoms with van der Waals surface area (Å²) in [6.45, 7) is 4.10. The van der Waals surface area contributed by atoms with Gasteiger partial charge in [0.15, 0.2) is 18.1 Å². The summed E-state index contributed by atoms with van der Waals surface area (Å²) in [7, 11) is 0. The number of carbonyl (C=O) groups excluding carboxylic acids is 3. The molecule has 3 N–H and O–H groups in total. The van der Waals surface area contributed by atoms with Crippen molar-refractivity contribution in [2.75, 3.05) is 19.8 Å². The summed E-state index contributed by atoms with van der Waals surface area (Å²) in [5.74, 6) is -0.597. The number of hydrogen-bond donors (Lipinski definition) is 2. The summed E-state index contributed by atoms with van der Waals surface area (Å²) in [5.41, 5.74) is 4.98. The molecule has 0 spiro atoms. The Morgan fingerprint density at radius 3 is 2.48 bits per heavy atom. The molecule has 0 bridgehead atoms. The summed E-state index contributed by atoms with van der Waals surface area (Å²) in [4.78, 5) is 33.6. The van der Waals surface area contributed by atoms with Crippen LogP contribution in [0.4, 0.5) is 4.79 Å². The number of nitrogens with two attached hydrogens (primary N) is 1. The Kier molecular flexibility index (Phi) is 7.38. The van der Waals surface area contributed by atoms with Crippen LogP contribution in [0.15, 0.2) is 18.2 Å². The molecule has 3 amide bonds. The van der Waals surface area contributed by atoms with Crippen molar-refractivity contribution in [1.29, 1.82) is 0 Å². The summed E-state index contributed by atoms with van der Waals surface area (Å²) >= 11 is 0. The lowest BCUT2D eigenvalue weighted by Gasteiger charge is -2.12. The highest BCUT2D eigenvalue weighted by Crippen LogP contribution is 2.29. The van der Waals surface area contributed by atoms with Gasteiger partial charge in [0.1, 0.15) is 0 Å². The van der Waals surface area contributed by atoms with Gasteiger partial charge in [0.05, 0.1) is 18.8 Å². The predicted octanol–water partition coefficient (Wildman–Crippen LogP) is 1.23. The third-order valence-electron chi connectivity index (χ3n) is 2.54. The first-order chi connectivity index (χ1) is 11.0. The molecule has 0 aliphatic heterocycles. The molecule has 1 rings (SSSR count). The number of esters is 1. The molecule has 1 aromatic rings. The maximum Gasteiger partial charge on any atom is 0.338 e. The Labute approximate surface area is 133 Å². The van der Waals surface area contributed by atoms with E-state index in [1.54, 1.807) is 11.4 Å². The van der Waals surface area contributed by atoms with E-state index in [1.165, 1.54) is 12.1 Å². The van der Waals surface area contributed by atoms with Crippen LogP contribution in [0.1, 0.15) is 30.6 Å². The first-order valence-corrected chi connectivity index (χ1v) is 7.14. The number of urea groups is 1. The average Bonchev–Trinajstić information content (AvgIpc) is 2.51. The fourth-order valence-electron chi connectivity index (χ4n) is 1.62. The number of carbonyl (C=O) groups is 3. The summed E-state index contributed by atoms with van der Waals surface area (Å²) in [6.07, 6.45) is 0.838. The Balaban J connectivity index is 2.74. The highest BCUT2D eigenvalue weighted by atomic mass is 16.5. The van der Waals surface area contributed by atoms with E-state index in [0.29, 0.717) is 24.7 Å². The van der Waals surface area contributed by atoms with Crippen LogP contribution in [0.3, 0.4) is 0 Å². The predicted molar refractivity (Wildman–Crippen MR) is 81.4 cm³/mol. The van der Waals surface area contributed by atoms with E-state index in [-0.39, 0.29) is 5.56 Å². The molecule has 0 unspecified atom stereocenters. The van der Waals surface area contributed by atoms with Gasteiger partial charge in [-0.15, -0.1) is 0 Å². The number of ether oxygens (including phenoxy) is 3. The standard InChI is InChI=1S/C15H20N2O6/c1-3-7-22-11-6-5-10(8-12(11)21-4-2)14(19)23-9-13(18)17-15(16)20/h5-6,8H,3-4,7,9H2,1-2H3,(H3,16,17,18,20). The Morgan fingerprint density at radius 2 is 1.87 bits per heavy atom. The molecule has 0 radical (unpaired) electrons. The summed E-state index contributed by atoms with van der Waals surface area (Å²) in [6, 6.07) is 3.56. The second-order valence-corrected chi connectivity index (χ2v) is 4.43. The second kappa shape index (κ2) is 9.29. The Morgan fingerprint density at radius 1 is 1.13 bits per heavy atom. The van der Waals surface area contributed by atoms with E-state index < -0.39 is 24.5 Å². The number of benzene rings is 1. The molecule has 0 saturated heterocycles. The second-order valence-electron chi connectivity index (χ2n) is 4.43. The lowest BCUT2D eigenvalue weighted by Crippen LogP contribution is -2.37. The minimum atomic E-state index is -1.01. The van der Waals surface area contributed by atoms with Crippen molar-refractivity contribution < 1.29 is 28.6 Å². The molecule has 8 heteroatoms. The van der Waals surface area contributed by atoms with E-state index in [0.717, 1.165) is 6.42 Å². The van der Waals surface area contributed by atoms with E-state index in [2.05, 4.69) is 0 Å². The first kappa shape index (κ1) is 18.3. The lowest BCUT2D eigenvalue weighted by atomic mass is 10.2. The van der Waals surface area contributed by atoms with E-state index in [9.17, 15) is 14.4 Å². The van der Waals surface area contributed by atoms with Crippen LogP contribution < -0.4 is 20.5 Å². The zero-order valence-electron chi connectivity index (χ0n) is 13.1. The van der Waals surface area contributed by atoms with E-state index in [1.807, 2.05) is 13.8 Å². The largest absolute Gasteiger partial charge is 0.490 e. The normalized spacial score (nSPS) is 9.83. The molecular weight excluding hydrogens is 304 g/mol. The third kappa shape index (κ3) is 6.25. The minimum absolute atomic E-state index is 0.198. The molecule has 126 valence electrons. The van der Waals surface area contributed by atoms with Gasteiger partial charge in [-0.3, -0.25) is 10.1 Å². The van der Waals surface area contributed by atoms with E-state index >= 15 is 0 Å². The van der Waals surface area contributed by atoms with Crippen LogP contribution >= 0.6 is 0 Å².